The van der Waals surface area contributed by atoms with Crippen molar-refractivity contribution in [1.29, 1.82) is 0 Å². The van der Waals surface area contributed by atoms with Crippen LogP contribution in [-0.4, -0.2) is 58.5 Å². The third kappa shape index (κ3) is 7.58. The van der Waals surface area contributed by atoms with Crippen molar-refractivity contribution in [2.45, 2.75) is 51.6 Å². The average Bonchev–Trinajstić information content (AvgIpc) is 2.96. The smallest absolute Gasteiger partial charge is 0.264 e. The summed E-state index contributed by atoms with van der Waals surface area (Å²) in [7, 11) is -1.36. The summed E-state index contributed by atoms with van der Waals surface area (Å²) in [5.74, 6) is -0.179. The normalized spacial score (nSPS) is 11.9. The number of anilines is 1. The molecular formula is C31H39N3O6S. The number of nitrogens with zero attached hydrogens (tertiary/aromatic N) is 2. The molecule has 0 saturated heterocycles. The number of aryl methyl sites for hydroxylation is 2. The number of carbonyl (C=O) groups excluding carboxylic acids is 2. The first-order valence-electron chi connectivity index (χ1n) is 13.5. The Hall–Kier alpha value is -4.05. The van der Waals surface area contributed by atoms with E-state index in [2.05, 4.69) is 5.32 Å². The van der Waals surface area contributed by atoms with Crippen LogP contribution in [0.1, 0.15) is 37.0 Å². The summed E-state index contributed by atoms with van der Waals surface area (Å²) < 4.78 is 39.9. The van der Waals surface area contributed by atoms with Crippen LogP contribution < -0.4 is 19.1 Å². The van der Waals surface area contributed by atoms with E-state index in [0.29, 0.717) is 24.4 Å². The molecule has 3 rings (SSSR count). The zero-order valence-corrected chi connectivity index (χ0v) is 25.3. The number of likely N-dealkylation sites (N-methyl/N-ethyl adjacent to an activating group) is 1. The zero-order chi connectivity index (χ0) is 30.2. The van der Waals surface area contributed by atoms with Gasteiger partial charge in [0.15, 0.2) is 11.5 Å². The SMILES string of the molecule is CCNC(=O)[C@@H](CC)N(Cc1ccc(C)cc1)C(=O)CN(c1ccc(C)cc1)S(=O)(=O)c1ccc(OC)c(OC)c1. The van der Waals surface area contributed by atoms with E-state index in [-0.39, 0.29) is 23.1 Å². The molecule has 41 heavy (non-hydrogen) atoms. The predicted octanol–water partition coefficient (Wildman–Crippen LogP) is 4.46. The second-order valence-electron chi connectivity index (χ2n) is 9.69. The fraction of sp³-hybridized carbons (Fsp3) is 0.355. The highest BCUT2D eigenvalue weighted by atomic mass is 32.2. The van der Waals surface area contributed by atoms with E-state index in [1.807, 2.05) is 52.0 Å². The van der Waals surface area contributed by atoms with Gasteiger partial charge in [0, 0.05) is 19.2 Å². The lowest BCUT2D eigenvalue weighted by molar-refractivity contribution is -0.140. The Morgan fingerprint density at radius 2 is 1.44 bits per heavy atom. The largest absolute Gasteiger partial charge is 0.493 e. The highest BCUT2D eigenvalue weighted by Crippen LogP contribution is 2.32. The van der Waals surface area contributed by atoms with Crippen molar-refractivity contribution < 1.29 is 27.5 Å². The van der Waals surface area contributed by atoms with Crippen LogP contribution >= 0.6 is 0 Å². The van der Waals surface area contributed by atoms with Gasteiger partial charge < -0.3 is 19.7 Å². The molecule has 0 aromatic heterocycles. The summed E-state index contributed by atoms with van der Waals surface area (Å²) in [6.07, 6.45) is 0.358. The number of ether oxygens (including phenoxy) is 2. The van der Waals surface area contributed by atoms with Crippen LogP contribution in [0.25, 0.3) is 0 Å². The Labute approximate surface area is 243 Å². The predicted molar refractivity (Wildman–Crippen MR) is 160 cm³/mol. The van der Waals surface area contributed by atoms with Crippen LogP contribution in [0.15, 0.2) is 71.6 Å². The summed E-state index contributed by atoms with van der Waals surface area (Å²) in [5.41, 5.74) is 3.15. The minimum absolute atomic E-state index is 0.0654. The van der Waals surface area contributed by atoms with Crippen LogP contribution in [0.3, 0.4) is 0 Å². The molecule has 0 aliphatic heterocycles. The van der Waals surface area contributed by atoms with E-state index < -0.39 is 28.5 Å². The molecule has 0 heterocycles. The number of amides is 2. The molecule has 0 bridgehead atoms. The van der Waals surface area contributed by atoms with E-state index in [0.717, 1.165) is 21.0 Å². The lowest BCUT2D eigenvalue weighted by Gasteiger charge is -2.33. The van der Waals surface area contributed by atoms with Crippen LogP contribution in [0.5, 0.6) is 11.5 Å². The zero-order valence-electron chi connectivity index (χ0n) is 24.5. The summed E-state index contributed by atoms with van der Waals surface area (Å²) in [6.45, 7) is 7.54. The third-order valence-corrected chi connectivity index (χ3v) is 8.52. The lowest BCUT2D eigenvalue weighted by Crippen LogP contribution is -2.52. The van der Waals surface area contributed by atoms with Crippen molar-refractivity contribution in [2.24, 2.45) is 0 Å². The molecule has 1 atom stereocenters. The molecule has 2 amide bonds. The minimum Gasteiger partial charge on any atom is -0.493 e. The number of benzene rings is 3. The molecule has 0 unspecified atom stereocenters. The van der Waals surface area contributed by atoms with Crippen LogP contribution in [0, 0.1) is 13.8 Å². The molecule has 0 radical (unpaired) electrons. The van der Waals surface area contributed by atoms with Gasteiger partial charge >= 0.3 is 0 Å². The Balaban J connectivity index is 2.09. The topological polar surface area (TPSA) is 105 Å². The number of carbonyl (C=O) groups is 2. The van der Waals surface area contributed by atoms with E-state index in [4.69, 9.17) is 9.47 Å². The highest BCUT2D eigenvalue weighted by molar-refractivity contribution is 7.92. The van der Waals surface area contributed by atoms with E-state index >= 15 is 0 Å². The Bertz CT molecular complexity index is 1440. The second kappa shape index (κ2) is 14.0. The van der Waals surface area contributed by atoms with Crippen LogP contribution in [0.4, 0.5) is 5.69 Å². The van der Waals surface area contributed by atoms with E-state index in [1.165, 1.54) is 37.3 Å². The number of hydrogen-bond acceptors (Lipinski definition) is 6. The van der Waals surface area contributed by atoms with Crippen molar-refractivity contribution in [3.8, 4) is 11.5 Å². The first-order chi connectivity index (χ1) is 19.5. The molecule has 0 fully saturated rings. The Morgan fingerprint density at radius 3 is 1.98 bits per heavy atom. The van der Waals surface area contributed by atoms with Crippen LogP contribution in [-0.2, 0) is 26.2 Å². The van der Waals surface area contributed by atoms with Crippen molar-refractivity contribution >= 4 is 27.5 Å². The Morgan fingerprint density at radius 1 is 0.854 bits per heavy atom. The number of rotatable bonds is 13. The maximum Gasteiger partial charge on any atom is 0.264 e. The van der Waals surface area contributed by atoms with Gasteiger partial charge in [-0.05, 0) is 57.0 Å². The van der Waals surface area contributed by atoms with Gasteiger partial charge in [0.2, 0.25) is 11.8 Å². The van der Waals surface area contributed by atoms with Gasteiger partial charge in [-0.25, -0.2) is 8.42 Å². The molecular weight excluding hydrogens is 542 g/mol. The van der Waals surface area contributed by atoms with Gasteiger partial charge in [-0.15, -0.1) is 0 Å². The maximum absolute atomic E-state index is 14.1. The van der Waals surface area contributed by atoms with Gasteiger partial charge in [-0.3, -0.25) is 13.9 Å². The number of sulfonamides is 1. The van der Waals surface area contributed by atoms with Gasteiger partial charge in [0.1, 0.15) is 12.6 Å². The standard InChI is InChI=1S/C31H39N3O6S/c1-7-27(31(36)32-8-2)33(20-24-13-9-22(3)10-14-24)30(35)21-34(25-15-11-23(4)12-16-25)41(37,38)26-17-18-28(39-5)29(19-26)40-6/h9-19,27H,7-8,20-21H2,1-6H3,(H,32,36)/t27-/m1/s1. The summed E-state index contributed by atoms with van der Waals surface area (Å²) in [6, 6.07) is 18.1. The Kier molecular flexibility index (Phi) is 10.8. The van der Waals surface area contributed by atoms with E-state index in [9.17, 15) is 18.0 Å². The van der Waals surface area contributed by atoms with Gasteiger partial charge in [0.05, 0.1) is 24.8 Å². The molecule has 10 heteroatoms. The number of hydrogen-bond donors (Lipinski definition) is 1. The van der Waals surface area contributed by atoms with Crippen molar-refractivity contribution in [1.82, 2.24) is 10.2 Å². The number of methoxy groups -OCH3 is 2. The number of nitrogens with one attached hydrogen (secondary N) is 1. The molecule has 220 valence electrons. The molecule has 3 aromatic rings. The molecule has 0 aliphatic carbocycles. The average molecular weight is 582 g/mol. The van der Waals surface area contributed by atoms with Gasteiger partial charge in [0.25, 0.3) is 10.0 Å². The third-order valence-electron chi connectivity index (χ3n) is 6.75. The molecule has 3 aromatic carbocycles. The molecule has 9 nitrogen and oxygen atoms in total. The van der Waals surface area contributed by atoms with Crippen LogP contribution in [0.2, 0.25) is 0 Å². The second-order valence-corrected chi connectivity index (χ2v) is 11.6. The van der Waals surface area contributed by atoms with Crippen molar-refractivity contribution in [3.05, 3.63) is 83.4 Å². The fourth-order valence-corrected chi connectivity index (χ4v) is 5.88. The summed E-state index contributed by atoms with van der Waals surface area (Å²) in [5, 5.41) is 2.81. The van der Waals surface area contributed by atoms with Gasteiger partial charge in [-0.2, -0.15) is 0 Å². The molecule has 1 N–H and O–H groups in total. The molecule has 0 aliphatic rings. The quantitative estimate of drug-likeness (QED) is 0.320. The maximum atomic E-state index is 14.1. The molecule has 0 spiro atoms. The van der Waals surface area contributed by atoms with Gasteiger partial charge in [-0.1, -0.05) is 54.4 Å². The van der Waals surface area contributed by atoms with Crippen molar-refractivity contribution in [3.63, 3.8) is 0 Å². The minimum atomic E-state index is -4.24. The highest BCUT2D eigenvalue weighted by Gasteiger charge is 2.34. The van der Waals surface area contributed by atoms with Crippen molar-refractivity contribution in [2.75, 3.05) is 31.6 Å². The first-order valence-corrected chi connectivity index (χ1v) is 14.9. The fourth-order valence-electron chi connectivity index (χ4n) is 4.45. The monoisotopic (exact) mass is 581 g/mol. The summed E-state index contributed by atoms with van der Waals surface area (Å²) >= 11 is 0. The first kappa shape index (κ1) is 31.5. The summed E-state index contributed by atoms with van der Waals surface area (Å²) in [4.78, 5) is 28.5. The van der Waals surface area contributed by atoms with E-state index in [1.54, 1.807) is 24.3 Å². The lowest BCUT2D eigenvalue weighted by atomic mass is 10.1. The molecule has 0 saturated carbocycles.